The van der Waals surface area contributed by atoms with E-state index in [1.165, 1.54) is 0 Å². The molecule has 0 unspecified atom stereocenters. The lowest BCUT2D eigenvalue weighted by molar-refractivity contribution is -0.118. The fraction of sp³-hybridized carbons (Fsp3) is 0.179. The lowest BCUT2D eigenvalue weighted by Gasteiger charge is -2.16. The first-order valence-electron chi connectivity index (χ1n) is 11.0. The standard InChI is InChI=1S/C28H28N2O3/c1-20-11-14-23(15-12-20)30-28(31)19-33-27-16-13-21-7-3-5-9-24(21)25(27)18-29-17-22-8-4-6-10-26(22)32-2/h3-16,29H,17-19H2,1-2H3,(H,30,31). The van der Waals surface area contributed by atoms with Gasteiger partial charge in [0.2, 0.25) is 0 Å². The van der Waals surface area contributed by atoms with E-state index in [4.69, 9.17) is 9.47 Å². The Morgan fingerprint density at radius 3 is 2.39 bits per heavy atom. The third-order valence-corrected chi connectivity index (χ3v) is 5.50. The van der Waals surface area contributed by atoms with Gasteiger partial charge >= 0.3 is 0 Å². The quantitative estimate of drug-likeness (QED) is 0.363. The summed E-state index contributed by atoms with van der Waals surface area (Å²) in [5.41, 5.74) is 4.00. The Kier molecular flexibility index (Phi) is 7.22. The molecule has 1 amide bonds. The molecule has 4 rings (SSSR count). The number of methoxy groups -OCH3 is 1. The van der Waals surface area contributed by atoms with Crippen LogP contribution in [0.5, 0.6) is 11.5 Å². The van der Waals surface area contributed by atoms with Crippen LogP contribution in [0.15, 0.2) is 84.9 Å². The van der Waals surface area contributed by atoms with Crippen LogP contribution in [0, 0.1) is 6.92 Å². The molecule has 2 N–H and O–H groups in total. The van der Waals surface area contributed by atoms with Crippen LogP contribution in [-0.4, -0.2) is 19.6 Å². The fourth-order valence-electron chi connectivity index (χ4n) is 3.78. The summed E-state index contributed by atoms with van der Waals surface area (Å²) in [6.07, 6.45) is 0. The van der Waals surface area contributed by atoms with Crippen LogP contribution in [0.4, 0.5) is 5.69 Å². The zero-order valence-electron chi connectivity index (χ0n) is 18.9. The average Bonchev–Trinajstić information content (AvgIpc) is 2.85. The predicted molar refractivity (Wildman–Crippen MR) is 133 cm³/mol. The van der Waals surface area contributed by atoms with Crippen LogP contribution in [0.3, 0.4) is 0 Å². The maximum absolute atomic E-state index is 12.4. The van der Waals surface area contributed by atoms with Crippen LogP contribution in [0.1, 0.15) is 16.7 Å². The molecule has 0 aliphatic carbocycles. The number of aryl methyl sites for hydroxylation is 1. The van der Waals surface area contributed by atoms with Crippen molar-refractivity contribution in [2.75, 3.05) is 19.0 Å². The smallest absolute Gasteiger partial charge is 0.262 e. The average molecular weight is 441 g/mol. The van der Waals surface area contributed by atoms with Gasteiger partial charge in [0.05, 0.1) is 7.11 Å². The first kappa shape index (κ1) is 22.4. The summed E-state index contributed by atoms with van der Waals surface area (Å²) in [6, 6.07) is 27.8. The lowest BCUT2D eigenvalue weighted by Crippen LogP contribution is -2.21. The van der Waals surface area contributed by atoms with Gasteiger partial charge in [0.15, 0.2) is 6.61 Å². The van der Waals surface area contributed by atoms with E-state index in [0.717, 1.165) is 38.9 Å². The maximum atomic E-state index is 12.4. The second kappa shape index (κ2) is 10.7. The highest BCUT2D eigenvalue weighted by molar-refractivity contribution is 5.92. The van der Waals surface area contributed by atoms with E-state index in [-0.39, 0.29) is 12.5 Å². The van der Waals surface area contributed by atoms with Crippen molar-refractivity contribution >= 4 is 22.4 Å². The predicted octanol–water partition coefficient (Wildman–Crippen LogP) is 5.46. The van der Waals surface area contributed by atoms with Gasteiger partial charge in [0, 0.05) is 29.9 Å². The van der Waals surface area contributed by atoms with E-state index < -0.39 is 0 Å². The number of hydrogen-bond donors (Lipinski definition) is 2. The molecule has 4 aromatic rings. The Hall–Kier alpha value is -3.83. The molecule has 0 aliphatic rings. The number of hydrogen-bond acceptors (Lipinski definition) is 4. The minimum atomic E-state index is -0.194. The van der Waals surface area contributed by atoms with Gasteiger partial charge in [-0.1, -0.05) is 66.2 Å². The Balaban J connectivity index is 1.47. The molecule has 0 fully saturated rings. The number of fused-ring (bicyclic) bond motifs is 1. The van der Waals surface area contributed by atoms with E-state index in [9.17, 15) is 4.79 Å². The molecule has 168 valence electrons. The largest absolute Gasteiger partial charge is 0.496 e. The first-order valence-corrected chi connectivity index (χ1v) is 11.0. The first-order chi connectivity index (χ1) is 16.1. The van der Waals surface area contributed by atoms with Crippen molar-refractivity contribution in [1.29, 1.82) is 0 Å². The van der Waals surface area contributed by atoms with Crippen LogP contribution < -0.4 is 20.1 Å². The number of carbonyl (C=O) groups is 1. The van der Waals surface area contributed by atoms with Crippen molar-refractivity contribution in [2.24, 2.45) is 0 Å². The van der Waals surface area contributed by atoms with Gasteiger partial charge in [-0.25, -0.2) is 0 Å². The second-order valence-electron chi connectivity index (χ2n) is 7.88. The summed E-state index contributed by atoms with van der Waals surface area (Å²) in [7, 11) is 1.68. The number of nitrogens with one attached hydrogen (secondary N) is 2. The zero-order valence-corrected chi connectivity index (χ0v) is 18.9. The van der Waals surface area contributed by atoms with Crippen LogP contribution in [0.2, 0.25) is 0 Å². The van der Waals surface area contributed by atoms with Gasteiger partial charge in [-0.2, -0.15) is 0 Å². The summed E-state index contributed by atoms with van der Waals surface area (Å²) >= 11 is 0. The molecule has 0 bridgehead atoms. The Morgan fingerprint density at radius 2 is 1.58 bits per heavy atom. The number of para-hydroxylation sites is 1. The van der Waals surface area contributed by atoms with Gasteiger partial charge in [-0.15, -0.1) is 0 Å². The second-order valence-corrected chi connectivity index (χ2v) is 7.88. The monoisotopic (exact) mass is 440 g/mol. The van der Waals surface area contributed by atoms with Gasteiger partial charge in [-0.3, -0.25) is 4.79 Å². The van der Waals surface area contributed by atoms with Crippen molar-refractivity contribution < 1.29 is 14.3 Å². The minimum absolute atomic E-state index is 0.0638. The number of rotatable bonds is 9. The molecular weight excluding hydrogens is 412 g/mol. The van der Waals surface area contributed by atoms with Gasteiger partial charge < -0.3 is 20.1 Å². The van der Waals surface area contributed by atoms with E-state index in [0.29, 0.717) is 18.8 Å². The summed E-state index contributed by atoms with van der Waals surface area (Å²) < 4.78 is 11.4. The van der Waals surface area contributed by atoms with E-state index >= 15 is 0 Å². The van der Waals surface area contributed by atoms with Crippen LogP contribution >= 0.6 is 0 Å². The van der Waals surface area contributed by atoms with E-state index in [1.54, 1.807) is 7.11 Å². The summed E-state index contributed by atoms with van der Waals surface area (Å²) in [6.45, 7) is 3.19. The highest BCUT2D eigenvalue weighted by atomic mass is 16.5. The number of amides is 1. The molecule has 5 heteroatoms. The van der Waals surface area contributed by atoms with Crippen molar-refractivity contribution in [3.05, 3.63) is 102 Å². The molecule has 0 radical (unpaired) electrons. The molecular formula is C28H28N2O3. The van der Waals surface area contributed by atoms with Gasteiger partial charge in [0.25, 0.3) is 5.91 Å². The summed E-state index contributed by atoms with van der Waals surface area (Å²) in [4.78, 5) is 12.4. The van der Waals surface area contributed by atoms with Crippen molar-refractivity contribution in [1.82, 2.24) is 5.32 Å². The maximum Gasteiger partial charge on any atom is 0.262 e. The summed E-state index contributed by atoms with van der Waals surface area (Å²) in [5, 5.41) is 8.60. The topological polar surface area (TPSA) is 59.6 Å². The molecule has 0 aromatic heterocycles. The Bertz CT molecular complexity index is 1240. The third-order valence-electron chi connectivity index (χ3n) is 5.50. The van der Waals surface area contributed by atoms with Gasteiger partial charge in [0.1, 0.15) is 11.5 Å². The zero-order chi connectivity index (χ0) is 23.0. The molecule has 4 aromatic carbocycles. The lowest BCUT2D eigenvalue weighted by atomic mass is 10.0. The summed E-state index contributed by atoms with van der Waals surface area (Å²) in [5.74, 6) is 1.35. The van der Waals surface area contributed by atoms with E-state index in [2.05, 4.69) is 22.8 Å². The highest BCUT2D eigenvalue weighted by Crippen LogP contribution is 2.28. The van der Waals surface area contributed by atoms with Crippen molar-refractivity contribution in [3.63, 3.8) is 0 Å². The van der Waals surface area contributed by atoms with Crippen LogP contribution in [0.25, 0.3) is 10.8 Å². The molecule has 0 aliphatic heterocycles. The number of ether oxygens (including phenoxy) is 2. The molecule has 33 heavy (non-hydrogen) atoms. The SMILES string of the molecule is COc1ccccc1CNCc1c(OCC(=O)Nc2ccc(C)cc2)ccc2ccccc12. The molecule has 0 saturated heterocycles. The van der Waals surface area contributed by atoms with Gasteiger partial charge in [-0.05, 0) is 42.0 Å². The molecule has 0 heterocycles. The molecule has 0 atom stereocenters. The Morgan fingerprint density at radius 1 is 0.818 bits per heavy atom. The van der Waals surface area contributed by atoms with Crippen molar-refractivity contribution in [3.8, 4) is 11.5 Å². The van der Waals surface area contributed by atoms with Crippen molar-refractivity contribution in [2.45, 2.75) is 20.0 Å². The van der Waals surface area contributed by atoms with E-state index in [1.807, 2.05) is 79.7 Å². The van der Waals surface area contributed by atoms with Crippen LogP contribution in [-0.2, 0) is 17.9 Å². The highest BCUT2D eigenvalue weighted by Gasteiger charge is 2.12. The number of carbonyl (C=O) groups excluding carboxylic acids is 1. The third kappa shape index (κ3) is 5.70. The minimum Gasteiger partial charge on any atom is -0.496 e. The fourth-order valence-corrected chi connectivity index (χ4v) is 3.78. The Labute approximate surface area is 194 Å². The number of benzene rings is 4. The molecule has 0 spiro atoms. The normalized spacial score (nSPS) is 10.7. The molecule has 0 saturated carbocycles. The molecule has 5 nitrogen and oxygen atoms in total. The number of anilines is 1.